The van der Waals surface area contributed by atoms with Crippen LogP contribution in [0.1, 0.15) is 114 Å². The molecular formula is C50H62F2N8O6. The smallest absolute Gasteiger partial charge is 0.272 e. The number of hydrogen-bond donors (Lipinski definition) is 5. The molecule has 16 heteroatoms. The van der Waals surface area contributed by atoms with Crippen molar-refractivity contribution in [2.45, 2.75) is 101 Å². The molecule has 8 rings (SSSR count). The fraction of sp³-hybridized carbons (Fsp3) is 0.520. The molecule has 4 fully saturated rings. The first-order chi connectivity index (χ1) is 32.1. The SMILES string of the molecule is O=C(CN1CCC(OC2CCN(C(=O)[C@H](NC(=O)c3cccc(C4CCCNC4)c3F)C3CCCCC3)CC2)CC1)NCCNC(=O)c1cc(Cc2n[nH]c(=O)c3ccccc23)ccc1F. The van der Waals surface area contributed by atoms with Gasteiger partial charge in [-0.25, -0.2) is 13.9 Å². The van der Waals surface area contributed by atoms with Gasteiger partial charge in [0.05, 0.1) is 41.0 Å². The molecule has 3 saturated heterocycles. The molecule has 4 aliphatic rings. The van der Waals surface area contributed by atoms with Crippen molar-refractivity contribution in [2.24, 2.45) is 5.92 Å². The van der Waals surface area contributed by atoms with Gasteiger partial charge in [-0.1, -0.05) is 55.7 Å². The Hall–Kier alpha value is -5.58. The van der Waals surface area contributed by atoms with E-state index in [4.69, 9.17) is 4.74 Å². The van der Waals surface area contributed by atoms with E-state index in [9.17, 15) is 28.4 Å². The first kappa shape index (κ1) is 46.9. The first-order valence-electron chi connectivity index (χ1n) is 23.9. The zero-order chi connectivity index (χ0) is 46.0. The average molecular weight is 909 g/mol. The Morgan fingerprint density at radius 1 is 0.773 bits per heavy atom. The van der Waals surface area contributed by atoms with Crippen LogP contribution in [0.25, 0.3) is 10.8 Å². The Morgan fingerprint density at radius 2 is 1.50 bits per heavy atom. The summed E-state index contributed by atoms with van der Waals surface area (Å²) in [7, 11) is 0. The van der Waals surface area contributed by atoms with Crippen LogP contribution in [0, 0.1) is 17.6 Å². The maximum atomic E-state index is 15.8. The van der Waals surface area contributed by atoms with Crippen LogP contribution >= 0.6 is 0 Å². The lowest BCUT2D eigenvalue weighted by molar-refractivity contribution is -0.139. The first-order valence-corrected chi connectivity index (χ1v) is 23.9. The summed E-state index contributed by atoms with van der Waals surface area (Å²) in [5.74, 6) is -2.53. The molecule has 0 spiro atoms. The second-order valence-corrected chi connectivity index (χ2v) is 18.4. The number of fused-ring (bicyclic) bond motifs is 1. The van der Waals surface area contributed by atoms with Gasteiger partial charge in [-0.15, -0.1) is 0 Å². The van der Waals surface area contributed by atoms with Crippen molar-refractivity contribution in [2.75, 3.05) is 58.9 Å². The van der Waals surface area contributed by atoms with Gasteiger partial charge in [0.1, 0.15) is 17.7 Å². The number of carbonyl (C=O) groups is 4. The summed E-state index contributed by atoms with van der Waals surface area (Å²) in [4.78, 5) is 69.7. The number of piperidine rings is 3. The molecule has 352 valence electrons. The Labute approximate surface area is 384 Å². The van der Waals surface area contributed by atoms with Crippen LogP contribution in [-0.2, 0) is 20.7 Å². The van der Waals surface area contributed by atoms with Crippen LogP contribution in [0.5, 0.6) is 0 Å². The summed E-state index contributed by atoms with van der Waals surface area (Å²) in [5.41, 5.74) is 1.38. The number of nitrogens with zero attached hydrogens (tertiary/aromatic N) is 3. The molecule has 0 radical (unpaired) electrons. The van der Waals surface area contributed by atoms with Gasteiger partial charge >= 0.3 is 0 Å². The second kappa shape index (κ2) is 22.3. The predicted octanol–water partition coefficient (Wildman–Crippen LogP) is 4.96. The molecule has 3 aromatic carbocycles. The summed E-state index contributed by atoms with van der Waals surface area (Å²) in [6, 6.07) is 15.7. The third-order valence-electron chi connectivity index (χ3n) is 13.9. The van der Waals surface area contributed by atoms with E-state index >= 15 is 4.39 Å². The number of amides is 4. The van der Waals surface area contributed by atoms with Crippen molar-refractivity contribution < 1.29 is 32.7 Å². The van der Waals surface area contributed by atoms with E-state index in [1.54, 1.807) is 36.4 Å². The molecule has 66 heavy (non-hydrogen) atoms. The van der Waals surface area contributed by atoms with Crippen LogP contribution in [-0.4, -0.2) is 121 Å². The van der Waals surface area contributed by atoms with Gasteiger partial charge in [-0.2, -0.15) is 5.10 Å². The largest absolute Gasteiger partial charge is 0.375 e. The lowest BCUT2D eigenvalue weighted by Gasteiger charge is -2.39. The van der Waals surface area contributed by atoms with Gasteiger partial charge < -0.3 is 30.9 Å². The van der Waals surface area contributed by atoms with Gasteiger partial charge in [0.25, 0.3) is 17.4 Å². The molecule has 1 aromatic heterocycles. The normalized spacial score (nSPS) is 19.6. The number of likely N-dealkylation sites (tertiary alicyclic amines) is 2. The second-order valence-electron chi connectivity index (χ2n) is 18.4. The van der Waals surface area contributed by atoms with Crippen molar-refractivity contribution in [1.82, 2.24) is 41.3 Å². The fourth-order valence-corrected chi connectivity index (χ4v) is 10.2. The van der Waals surface area contributed by atoms with E-state index < -0.39 is 29.5 Å². The van der Waals surface area contributed by atoms with Crippen LogP contribution < -0.4 is 26.8 Å². The summed E-state index contributed by atoms with van der Waals surface area (Å²) in [6.07, 6.45) is 9.88. The monoisotopic (exact) mass is 908 g/mol. The number of benzene rings is 3. The summed E-state index contributed by atoms with van der Waals surface area (Å²) in [6.45, 7) is 4.52. The quantitative estimate of drug-likeness (QED) is 0.103. The van der Waals surface area contributed by atoms with Gasteiger partial charge in [-0.3, -0.25) is 28.9 Å². The average Bonchev–Trinajstić information content (AvgIpc) is 3.34. The van der Waals surface area contributed by atoms with Crippen LogP contribution in [0.4, 0.5) is 8.78 Å². The number of aromatic amines is 1. The molecule has 3 aliphatic heterocycles. The van der Waals surface area contributed by atoms with E-state index in [1.165, 1.54) is 18.2 Å². The van der Waals surface area contributed by atoms with E-state index in [1.807, 2.05) is 11.0 Å². The van der Waals surface area contributed by atoms with E-state index in [2.05, 4.69) is 36.4 Å². The maximum absolute atomic E-state index is 15.8. The van der Waals surface area contributed by atoms with Crippen molar-refractivity contribution in [3.8, 4) is 0 Å². The Kier molecular flexibility index (Phi) is 15.8. The molecular weight excluding hydrogens is 847 g/mol. The van der Waals surface area contributed by atoms with Crippen LogP contribution in [0.15, 0.2) is 65.5 Å². The molecule has 1 unspecified atom stereocenters. The van der Waals surface area contributed by atoms with Crippen molar-refractivity contribution >= 4 is 34.4 Å². The number of rotatable bonds is 15. The van der Waals surface area contributed by atoms with Crippen molar-refractivity contribution in [1.29, 1.82) is 0 Å². The Balaban J connectivity index is 0.743. The molecule has 1 saturated carbocycles. The highest BCUT2D eigenvalue weighted by Gasteiger charge is 2.37. The highest BCUT2D eigenvalue weighted by Crippen LogP contribution is 2.31. The third kappa shape index (κ3) is 11.7. The zero-order valence-electron chi connectivity index (χ0n) is 37.6. The highest BCUT2D eigenvalue weighted by atomic mass is 19.1. The van der Waals surface area contributed by atoms with Crippen LogP contribution in [0.2, 0.25) is 0 Å². The van der Waals surface area contributed by atoms with Gasteiger partial charge in [0, 0.05) is 57.6 Å². The molecule has 1 aliphatic carbocycles. The Morgan fingerprint density at radius 3 is 2.24 bits per heavy atom. The molecule has 2 atom stereocenters. The van der Waals surface area contributed by atoms with Gasteiger partial charge in [-0.05, 0) is 105 Å². The van der Waals surface area contributed by atoms with E-state index in [0.717, 1.165) is 64.3 Å². The van der Waals surface area contributed by atoms with Gasteiger partial charge in [0.15, 0.2) is 0 Å². The lowest BCUT2D eigenvalue weighted by atomic mass is 9.83. The highest BCUT2D eigenvalue weighted by molar-refractivity contribution is 5.98. The minimum absolute atomic E-state index is 0.00142. The summed E-state index contributed by atoms with van der Waals surface area (Å²) in [5, 5.41) is 19.7. The number of hydrogen-bond acceptors (Lipinski definition) is 9. The minimum Gasteiger partial charge on any atom is -0.375 e. The summed E-state index contributed by atoms with van der Waals surface area (Å²) >= 11 is 0. The Bertz CT molecular complexity index is 2400. The lowest BCUT2D eigenvalue weighted by Crippen LogP contribution is -2.55. The molecule has 4 aromatic rings. The molecule has 5 N–H and O–H groups in total. The number of ether oxygens (including phenoxy) is 1. The van der Waals surface area contributed by atoms with Crippen molar-refractivity contribution in [3.63, 3.8) is 0 Å². The molecule has 14 nitrogen and oxygen atoms in total. The number of H-pyrrole nitrogens is 1. The fourth-order valence-electron chi connectivity index (χ4n) is 10.2. The molecule has 4 heterocycles. The summed E-state index contributed by atoms with van der Waals surface area (Å²) < 4.78 is 37.1. The number of halogens is 2. The zero-order valence-corrected chi connectivity index (χ0v) is 37.6. The number of carbonyl (C=O) groups excluding carboxylic acids is 4. The topological polar surface area (TPSA) is 178 Å². The molecule has 4 amide bonds. The molecule has 0 bridgehead atoms. The predicted molar refractivity (Wildman–Crippen MR) is 246 cm³/mol. The minimum atomic E-state index is -0.705. The van der Waals surface area contributed by atoms with Crippen molar-refractivity contribution in [3.05, 3.63) is 111 Å². The standard InChI is InChI=1S/C50H62F2N8O6/c51-42-16-15-32(29-43-38-11-4-5-12-39(38)49(64)58-57-43)28-41(42)47(62)55-23-22-54-44(61)31-59-24-17-35(18-25-59)66-36-19-26-60(27-20-36)50(65)46(33-8-2-1-3-9-33)56-48(63)40-14-6-13-37(45(40)52)34-10-7-21-53-30-34/h4-6,11-16,28,33-36,46,53H,1-3,7-10,17-27,29-31H2,(H,54,61)(H,55,62)(H,56,63)(H,58,64)/t34?,46-/m1/s1. The van der Waals surface area contributed by atoms with E-state index in [0.29, 0.717) is 73.2 Å². The maximum Gasteiger partial charge on any atom is 0.272 e. The van der Waals surface area contributed by atoms with E-state index in [-0.39, 0.29) is 78.6 Å². The van der Waals surface area contributed by atoms with Gasteiger partial charge in [0.2, 0.25) is 11.8 Å². The number of aromatic nitrogens is 2. The third-order valence-corrected chi connectivity index (χ3v) is 13.9. The number of nitrogens with one attached hydrogen (secondary N) is 5. The van der Waals surface area contributed by atoms with Crippen LogP contribution in [0.3, 0.4) is 0 Å².